The van der Waals surface area contributed by atoms with Crippen LogP contribution in [-0.2, 0) is 6.42 Å². The van der Waals surface area contributed by atoms with Crippen molar-refractivity contribution in [2.24, 2.45) is 0 Å². The van der Waals surface area contributed by atoms with Crippen molar-refractivity contribution in [2.45, 2.75) is 39.2 Å². The second-order valence-corrected chi connectivity index (χ2v) is 8.31. The minimum Gasteiger partial charge on any atom is -0.394 e. The fraction of sp³-hybridized carbons (Fsp3) is 0.308. The van der Waals surface area contributed by atoms with Gasteiger partial charge in [-0.25, -0.2) is 9.50 Å². The van der Waals surface area contributed by atoms with E-state index in [2.05, 4.69) is 73.3 Å². The van der Waals surface area contributed by atoms with Gasteiger partial charge in [0.25, 0.3) is 0 Å². The van der Waals surface area contributed by atoms with Crippen molar-refractivity contribution in [3.8, 4) is 22.4 Å². The van der Waals surface area contributed by atoms with Crippen molar-refractivity contribution in [3.63, 3.8) is 0 Å². The molecule has 0 unspecified atom stereocenters. The average Bonchev–Trinajstić information content (AvgIpc) is 3.44. The third-order valence-corrected chi connectivity index (χ3v) is 6.27. The van der Waals surface area contributed by atoms with Gasteiger partial charge in [-0.3, -0.25) is 0 Å². The highest BCUT2D eigenvalue weighted by molar-refractivity contribution is 5.83. The minimum atomic E-state index is 0.120. The molecule has 0 radical (unpaired) electrons. The summed E-state index contributed by atoms with van der Waals surface area (Å²) >= 11 is 0. The molecule has 5 nitrogen and oxygen atoms in total. The zero-order valence-corrected chi connectivity index (χ0v) is 18.1. The fourth-order valence-corrected chi connectivity index (χ4v) is 4.60. The number of aromatic nitrogens is 3. The predicted octanol–water partition coefficient (Wildman–Crippen LogP) is 4.90. The summed E-state index contributed by atoms with van der Waals surface area (Å²) in [5.41, 5.74) is 7.53. The Balaban J connectivity index is 1.80. The number of aryl methyl sites for hydroxylation is 2. The monoisotopic (exact) mass is 412 g/mol. The maximum Gasteiger partial charge on any atom is 0.166 e. The fourth-order valence-electron chi connectivity index (χ4n) is 4.60. The lowest BCUT2D eigenvalue weighted by Gasteiger charge is -2.25. The summed E-state index contributed by atoms with van der Waals surface area (Å²) in [6.45, 7) is 5.31. The molecule has 0 spiro atoms. The highest BCUT2D eigenvalue weighted by Gasteiger charge is 2.27. The summed E-state index contributed by atoms with van der Waals surface area (Å²) in [7, 11) is 0. The maximum absolute atomic E-state index is 9.91. The second-order valence-electron chi connectivity index (χ2n) is 8.31. The molecule has 0 bridgehead atoms. The zero-order chi connectivity index (χ0) is 21.4. The van der Waals surface area contributed by atoms with E-state index < -0.39 is 0 Å². The van der Waals surface area contributed by atoms with Crippen LogP contribution < -0.4 is 4.90 Å². The van der Waals surface area contributed by atoms with Crippen LogP contribution in [0.4, 0.5) is 5.82 Å². The Bertz CT molecular complexity index is 1200. The van der Waals surface area contributed by atoms with Gasteiger partial charge in [0.1, 0.15) is 5.82 Å². The summed E-state index contributed by atoms with van der Waals surface area (Å²) < 4.78 is 2.00. The van der Waals surface area contributed by atoms with Crippen LogP contribution >= 0.6 is 0 Å². The molecule has 2 aromatic carbocycles. The Hall–Kier alpha value is -3.18. The van der Waals surface area contributed by atoms with Crippen LogP contribution in [0.25, 0.3) is 28.0 Å². The first kappa shape index (κ1) is 19.8. The topological polar surface area (TPSA) is 53.7 Å². The lowest BCUT2D eigenvalue weighted by molar-refractivity contribution is 0.266. The third kappa shape index (κ3) is 3.49. The van der Waals surface area contributed by atoms with Crippen LogP contribution in [0, 0.1) is 6.92 Å². The van der Waals surface area contributed by atoms with E-state index in [0.29, 0.717) is 0 Å². The summed E-state index contributed by atoms with van der Waals surface area (Å²) in [5, 5.41) is 14.9. The first-order chi connectivity index (χ1) is 15.2. The van der Waals surface area contributed by atoms with E-state index in [1.54, 1.807) is 0 Å². The maximum atomic E-state index is 9.91. The molecule has 2 aromatic heterocycles. The molecular formula is C26H28N4O. The van der Waals surface area contributed by atoms with Crippen LogP contribution in [0.1, 0.15) is 31.0 Å². The predicted molar refractivity (Wildman–Crippen MR) is 125 cm³/mol. The number of rotatable bonds is 5. The van der Waals surface area contributed by atoms with Gasteiger partial charge in [-0.15, -0.1) is 0 Å². The molecule has 0 amide bonds. The van der Waals surface area contributed by atoms with E-state index in [1.807, 2.05) is 10.6 Å². The number of benzene rings is 2. The number of nitrogens with zero attached hydrogens (tertiary/aromatic N) is 4. The Morgan fingerprint density at radius 2 is 1.81 bits per heavy atom. The van der Waals surface area contributed by atoms with Crippen LogP contribution in [0.5, 0.6) is 0 Å². The van der Waals surface area contributed by atoms with Crippen LogP contribution in [0.3, 0.4) is 0 Å². The SMILES string of the molecule is CCc1nn2c(-c3ccccc3)cc(N3CCC[C@H]3CO)nc2c1-c1ccc(C)cc1. The molecule has 4 aromatic rings. The van der Waals surface area contributed by atoms with E-state index in [9.17, 15) is 5.11 Å². The molecule has 1 saturated heterocycles. The van der Waals surface area contributed by atoms with E-state index in [1.165, 1.54) is 5.56 Å². The molecule has 0 saturated carbocycles. The molecule has 1 aliphatic rings. The van der Waals surface area contributed by atoms with E-state index >= 15 is 0 Å². The molecule has 1 atom stereocenters. The molecular weight excluding hydrogens is 384 g/mol. The summed E-state index contributed by atoms with van der Waals surface area (Å²) in [6.07, 6.45) is 2.90. The van der Waals surface area contributed by atoms with Crippen LogP contribution in [-0.4, -0.2) is 38.9 Å². The molecule has 0 aliphatic carbocycles. The quantitative estimate of drug-likeness (QED) is 0.507. The van der Waals surface area contributed by atoms with Crippen molar-refractivity contribution >= 4 is 11.5 Å². The molecule has 3 heterocycles. The highest BCUT2D eigenvalue weighted by atomic mass is 16.3. The number of aliphatic hydroxyl groups is 1. The van der Waals surface area contributed by atoms with E-state index in [4.69, 9.17) is 10.1 Å². The van der Waals surface area contributed by atoms with Gasteiger partial charge < -0.3 is 10.0 Å². The normalized spacial score (nSPS) is 16.4. The zero-order valence-electron chi connectivity index (χ0n) is 18.1. The Morgan fingerprint density at radius 3 is 2.52 bits per heavy atom. The largest absolute Gasteiger partial charge is 0.394 e. The van der Waals surface area contributed by atoms with Crippen molar-refractivity contribution in [3.05, 3.63) is 71.9 Å². The summed E-state index contributed by atoms with van der Waals surface area (Å²) in [6, 6.07) is 21.2. The molecule has 5 heteroatoms. The van der Waals surface area contributed by atoms with Crippen molar-refractivity contribution in [1.29, 1.82) is 0 Å². The lowest BCUT2D eigenvalue weighted by atomic mass is 10.0. The molecule has 31 heavy (non-hydrogen) atoms. The van der Waals surface area contributed by atoms with Crippen LogP contribution in [0.2, 0.25) is 0 Å². The highest BCUT2D eigenvalue weighted by Crippen LogP contribution is 2.35. The van der Waals surface area contributed by atoms with E-state index in [-0.39, 0.29) is 12.6 Å². The van der Waals surface area contributed by atoms with Gasteiger partial charge in [-0.05, 0) is 31.7 Å². The number of hydrogen-bond donors (Lipinski definition) is 1. The number of aliphatic hydroxyl groups excluding tert-OH is 1. The van der Waals surface area contributed by atoms with Crippen molar-refractivity contribution in [1.82, 2.24) is 14.6 Å². The molecule has 1 fully saturated rings. The number of fused-ring (bicyclic) bond motifs is 1. The Labute approximate surface area is 183 Å². The van der Waals surface area contributed by atoms with Crippen molar-refractivity contribution in [2.75, 3.05) is 18.1 Å². The number of anilines is 1. The first-order valence-corrected chi connectivity index (χ1v) is 11.1. The first-order valence-electron chi connectivity index (χ1n) is 11.1. The standard InChI is InChI=1S/C26H28N4O/c1-3-22-25(20-13-11-18(2)12-14-20)26-27-24(29-15-7-10-21(29)17-31)16-23(30(26)28-22)19-8-5-4-6-9-19/h4-6,8-9,11-14,16,21,31H,3,7,10,15,17H2,1-2H3/t21-/m0/s1. The van der Waals surface area contributed by atoms with Gasteiger partial charge in [0, 0.05) is 23.7 Å². The Kier molecular flexibility index (Phi) is 5.20. The van der Waals surface area contributed by atoms with Crippen molar-refractivity contribution < 1.29 is 5.11 Å². The molecule has 1 aliphatic heterocycles. The second kappa shape index (κ2) is 8.16. The lowest BCUT2D eigenvalue weighted by Crippen LogP contribution is -2.32. The van der Waals surface area contributed by atoms with Crippen LogP contribution in [0.15, 0.2) is 60.7 Å². The van der Waals surface area contributed by atoms with Gasteiger partial charge in [0.05, 0.1) is 24.0 Å². The molecule has 158 valence electrons. The van der Waals surface area contributed by atoms with E-state index in [0.717, 1.165) is 65.4 Å². The van der Waals surface area contributed by atoms with Gasteiger partial charge in [0.15, 0.2) is 5.65 Å². The van der Waals surface area contributed by atoms with Gasteiger partial charge in [-0.1, -0.05) is 67.1 Å². The smallest absolute Gasteiger partial charge is 0.166 e. The molecule has 1 N–H and O–H groups in total. The average molecular weight is 413 g/mol. The summed E-state index contributed by atoms with van der Waals surface area (Å²) in [5.74, 6) is 0.916. The Morgan fingerprint density at radius 1 is 1.03 bits per heavy atom. The number of hydrogen-bond acceptors (Lipinski definition) is 4. The van der Waals surface area contributed by atoms with Gasteiger partial charge in [0.2, 0.25) is 0 Å². The van der Waals surface area contributed by atoms with Gasteiger partial charge in [-0.2, -0.15) is 5.10 Å². The third-order valence-electron chi connectivity index (χ3n) is 6.27. The van der Waals surface area contributed by atoms with Gasteiger partial charge >= 0.3 is 0 Å². The summed E-state index contributed by atoms with van der Waals surface area (Å²) in [4.78, 5) is 7.38. The minimum absolute atomic E-state index is 0.120. The molecule has 5 rings (SSSR count).